The molecule has 0 amide bonds. The van der Waals surface area contributed by atoms with Gasteiger partial charge in [-0.2, -0.15) is 0 Å². The van der Waals surface area contributed by atoms with E-state index in [1.165, 1.54) is 0 Å². The van der Waals surface area contributed by atoms with Crippen LogP contribution in [0.4, 0.5) is 0 Å². The van der Waals surface area contributed by atoms with Gasteiger partial charge in [0.1, 0.15) is 6.04 Å². The summed E-state index contributed by atoms with van der Waals surface area (Å²) in [6.45, 7) is 0.639. The zero-order chi connectivity index (χ0) is 22.7. The molecule has 0 aliphatic heterocycles. The van der Waals surface area contributed by atoms with Crippen LogP contribution in [0.5, 0.6) is 0 Å². The molecule has 0 radical (unpaired) electrons. The normalized spacial score (nSPS) is 10.6. The van der Waals surface area contributed by atoms with E-state index in [1.807, 2.05) is 0 Å². The van der Waals surface area contributed by atoms with Crippen molar-refractivity contribution in [3.8, 4) is 0 Å². The Morgan fingerprint density at radius 3 is 1.21 bits per heavy atom. The highest BCUT2D eigenvalue weighted by Gasteiger charge is 2.18. The fourth-order valence-corrected chi connectivity index (χ4v) is 1.51. The Balaban J connectivity index is -0.000000347. The Bertz CT molecular complexity index is 438. The third-order valence-electron chi connectivity index (χ3n) is 2.95. The van der Waals surface area contributed by atoms with Crippen molar-refractivity contribution in [2.75, 3.05) is 20.6 Å². The van der Waals surface area contributed by atoms with Crippen molar-refractivity contribution in [1.29, 1.82) is 0 Å². The van der Waals surface area contributed by atoms with E-state index in [0.717, 1.165) is 12.8 Å². The number of carboxylic acid groups (broad SMARTS) is 5. The van der Waals surface area contributed by atoms with Crippen molar-refractivity contribution in [2.45, 2.75) is 51.0 Å². The molecule has 0 aromatic heterocycles. The van der Waals surface area contributed by atoms with E-state index < -0.39 is 29.8 Å². The maximum absolute atomic E-state index is 10.7. The predicted molar refractivity (Wildman–Crippen MR) is 97.0 cm³/mol. The minimum atomic E-state index is -1.08. The molecule has 0 aliphatic carbocycles. The molecule has 0 bridgehead atoms. The van der Waals surface area contributed by atoms with E-state index in [0.29, 0.717) is 13.0 Å². The molecule has 12 heteroatoms. The van der Waals surface area contributed by atoms with Crippen LogP contribution in [-0.2, 0) is 24.0 Å². The van der Waals surface area contributed by atoms with Crippen LogP contribution in [0.15, 0.2) is 0 Å². The number of likely N-dealkylation sites (N-methyl/N-ethyl adjacent to an activating group) is 1. The first-order valence-electron chi connectivity index (χ1n) is 8.31. The first-order valence-corrected chi connectivity index (χ1v) is 8.31. The Labute approximate surface area is 162 Å². The van der Waals surface area contributed by atoms with Crippen molar-refractivity contribution >= 4 is 29.8 Å². The van der Waals surface area contributed by atoms with Crippen molar-refractivity contribution in [3.63, 3.8) is 0 Å². The molecule has 0 saturated carbocycles. The summed E-state index contributed by atoms with van der Waals surface area (Å²) in [4.78, 5) is 50.9. The van der Waals surface area contributed by atoms with Crippen molar-refractivity contribution in [3.05, 3.63) is 0 Å². The standard InChI is InChI=1S/C8H18N2O2.2C4H6O4/c1-10(2)7(8(11)12)5-3-4-6-9;2*5-3(6)1-2-4(7)8/h7H,3-6,9H2,1-2H3,(H,11,12);2*1-2H2,(H,5,6)(H,7,8)/t7-;;/m0../s1. The highest BCUT2D eigenvalue weighted by atomic mass is 16.4. The van der Waals surface area contributed by atoms with Gasteiger partial charge in [-0.3, -0.25) is 28.9 Å². The number of carboxylic acids is 5. The zero-order valence-corrected chi connectivity index (χ0v) is 16.0. The lowest BCUT2D eigenvalue weighted by molar-refractivity contribution is -0.143. The molecule has 0 heterocycles. The third kappa shape index (κ3) is 28.1. The highest BCUT2D eigenvalue weighted by Crippen LogP contribution is 2.05. The average Bonchev–Trinajstić information content (AvgIpc) is 2.55. The summed E-state index contributed by atoms with van der Waals surface area (Å²) in [7, 11) is 3.56. The molecule has 0 unspecified atom stereocenters. The molecule has 0 aromatic carbocycles. The number of nitrogens with zero attached hydrogens (tertiary/aromatic N) is 1. The van der Waals surface area contributed by atoms with Gasteiger partial charge in [-0.15, -0.1) is 0 Å². The van der Waals surface area contributed by atoms with E-state index in [-0.39, 0.29) is 31.7 Å². The number of rotatable bonds is 12. The third-order valence-corrected chi connectivity index (χ3v) is 2.95. The summed E-state index contributed by atoms with van der Waals surface area (Å²) in [6.07, 6.45) is 1.28. The van der Waals surface area contributed by atoms with Gasteiger partial charge in [0, 0.05) is 0 Å². The van der Waals surface area contributed by atoms with Crippen LogP contribution >= 0.6 is 0 Å². The molecule has 164 valence electrons. The Morgan fingerprint density at radius 1 is 0.714 bits per heavy atom. The second kappa shape index (κ2) is 19.0. The lowest BCUT2D eigenvalue weighted by atomic mass is 10.1. The fourth-order valence-electron chi connectivity index (χ4n) is 1.51. The van der Waals surface area contributed by atoms with E-state index in [2.05, 4.69) is 0 Å². The lowest BCUT2D eigenvalue weighted by Gasteiger charge is -2.19. The van der Waals surface area contributed by atoms with Crippen LogP contribution in [0, 0.1) is 0 Å². The SMILES string of the molecule is CN(C)[C@@H](CCCCN)C(=O)O.O=C(O)CCC(=O)O.O=C(O)CCC(=O)O. The molecular formula is C16H30N2O10. The van der Waals surface area contributed by atoms with Crippen LogP contribution in [0.25, 0.3) is 0 Å². The molecule has 28 heavy (non-hydrogen) atoms. The number of aliphatic carboxylic acids is 5. The Morgan fingerprint density at radius 2 is 1.04 bits per heavy atom. The smallest absolute Gasteiger partial charge is 0.320 e. The van der Waals surface area contributed by atoms with Gasteiger partial charge in [-0.1, -0.05) is 6.42 Å². The van der Waals surface area contributed by atoms with Gasteiger partial charge in [0.05, 0.1) is 25.7 Å². The topological polar surface area (TPSA) is 216 Å². The highest BCUT2D eigenvalue weighted by molar-refractivity contribution is 5.75. The van der Waals surface area contributed by atoms with E-state index in [1.54, 1.807) is 19.0 Å². The molecule has 0 aliphatic rings. The second-order valence-corrected chi connectivity index (χ2v) is 5.68. The maximum Gasteiger partial charge on any atom is 0.320 e. The van der Waals surface area contributed by atoms with E-state index >= 15 is 0 Å². The van der Waals surface area contributed by atoms with Gasteiger partial charge in [-0.05, 0) is 33.5 Å². The first-order chi connectivity index (χ1) is 12.8. The van der Waals surface area contributed by atoms with Gasteiger partial charge in [0.15, 0.2) is 0 Å². The summed E-state index contributed by atoms with van der Waals surface area (Å²) >= 11 is 0. The minimum Gasteiger partial charge on any atom is -0.481 e. The molecule has 0 spiro atoms. The summed E-state index contributed by atoms with van der Waals surface area (Å²) in [5.41, 5.74) is 5.31. The van der Waals surface area contributed by atoms with Crippen LogP contribution in [0.2, 0.25) is 0 Å². The van der Waals surface area contributed by atoms with Crippen molar-refractivity contribution in [1.82, 2.24) is 4.90 Å². The number of carbonyl (C=O) groups is 5. The monoisotopic (exact) mass is 410 g/mol. The summed E-state index contributed by atoms with van der Waals surface area (Å²) in [5.74, 6) is -5.06. The first kappa shape index (κ1) is 30.0. The molecule has 1 atom stereocenters. The fraction of sp³-hybridized carbons (Fsp3) is 0.688. The molecular weight excluding hydrogens is 380 g/mol. The van der Waals surface area contributed by atoms with Crippen LogP contribution < -0.4 is 5.73 Å². The molecule has 12 nitrogen and oxygen atoms in total. The molecule has 0 saturated heterocycles. The number of hydrogen-bond acceptors (Lipinski definition) is 7. The maximum atomic E-state index is 10.7. The summed E-state index contributed by atoms with van der Waals surface area (Å²) in [5, 5.41) is 40.4. The summed E-state index contributed by atoms with van der Waals surface area (Å²) < 4.78 is 0. The van der Waals surface area contributed by atoms with Crippen LogP contribution in [-0.4, -0.2) is 87.0 Å². The van der Waals surface area contributed by atoms with Gasteiger partial charge < -0.3 is 31.3 Å². The number of hydrogen-bond donors (Lipinski definition) is 6. The predicted octanol–water partition coefficient (Wildman–Crippen LogP) is 0.00180. The van der Waals surface area contributed by atoms with Crippen molar-refractivity contribution < 1.29 is 49.5 Å². The molecule has 7 N–H and O–H groups in total. The minimum absolute atomic E-state index is 0.296. The molecule has 0 rings (SSSR count). The van der Waals surface area contributed by atoms with E-state index in [9.17, 15) is 24.0 Å². The van der Waals surface area contributed by atoms with Crippen LogP contribution in [0.3, 0.4) is 0 Å². The Kier molecular flexibility index (Phi) is 20.4. The van der Waals surface area contributed by atoms with Gasteiger partial charge >= 0.3 is 29.8 Å². The quantitative estimate of drug-likeness (QED) is 0.234. The van der Waals surface area contributed by atoms with Gasteiger partial charge in [0.25, 0.3) is 0 Å². The van der Waals surface area contributed by atoms with Crippen LogP contribution in [0.1, 0.15) is 44.9 Å². The number of unbranched alkanes of at least 4 members (excludes halogenated alkanes) is 1. The number of nitrogens with two attached hydrogens (primary N) is 1. The average molecular weight is 410 g/mol. The lowest BCUT2D eigenvalue weighted by Crippen LogP contribution is -2.35. The Hall–Kier alpha value is -2.73. The van der Waals surface area contributed by atoms with Gasteiger partial charge in [-0.25, -0.2) is 0 Å². The second-order valence-electron chi connectivity index (χ2n) is 5.68. The van der Waals surface area contributed by atoms with E-state index in [4.69, 9.17) is 31.3 Å². The molecule has 0 aromatic rings. The largest absolute Gasteiger partial charge is 0.481 e. The molecule has 0 fully saturated rings. The zero-order valence-electron chi connectivity index (χ0n) is 16.0. The van der Waals surface area contributed by atoms with Crippen molar-refractivity contribution in [2.24, 2.45) is 5.73 Å². The van der Waals surface area contributed by atoms with Gasteiger partial charge in [0.2, 0.25) is 0 Å². The summed E-state index contributed by atoms with van der Waals surface area (Å²) in [6, 6.07) is -0.364.